The second-order valence-corrected chi connectivity index (χ2v) is 4.01. The van der Waals surface area contributed by atoms with Crippen molar-refractivity contribution >= 4 is 27.6 Å². The van der Waals surface area contributed by atoms with Crippen LogP contribution in [-0.2, 0) is 4.79 Å². The smallest absolute Gasteiger partial charge is 0.337 e. The third-order valence-electron chi connectivity index (χ3n) is 2.04. The number of aryl methyl sites for hydroxylation is 1. The number of hydrogen-bond donors (Lipinski definition) is 2. The summed E-state index contributed by atoms with van der Waals surface area (Å²) in [5.41, 5.74) is 0.126. The number of aliphatic hydroxyl groups is 1. The maximum absolute atomic E-state index is 10.6. The number of rotatable bonds is 3. The van der Waals surface area contributed by atoms with Crippen molar-refractivity contribution in [3.05, 3.63) is 37.8 Å². The van der Waals surface area contributed by atoms with E-state index in [1.54, 1.807) is 0 Å². The highest BCUT2D eigenvalue weighted by molar-refractivity contribution is 9.10. The van der Waals surface area contributed by atoms with E-state index < -0.39 is 17.0 Å². The number of nitrogens with zero attached hydrogens (tertiary/aromatic N) is 1. The maximum atomic E-state index is 10.6. The van der Waals surface area contributed by atoms with Gasteiger partial charge in [-0.15, -0.1) is 0 Å². The largest absolute Gasteiger partial charge is 0.479 e. The quantitative estimate of drug-likeness (QED) is 0.652. The summed E-state index contributed by atoms with van der Waals surface area (Å²) in [7, 11) is 0. The van der Waals surface area contributed by atoms with Gasteiger partial charge in [0.1, 0.15) is 0 Å². The fraction of sp³-hybridized carbons (Fsp3) is 0.222. The first-order chi connectivity index (χ1) is 7.34. The minimum Gasteiger partial charge on any atom is -0.479 e. The highest BCUT2D eigenvalue weighted by atomic mass is 79.9. The Balaban J connectivity index is 3.35. The maximum Gasteiger partial charge on any atom is 0.337 e. The Morgan fingerprint density at radius 2 is 2.12 bits per heavy atom. The number of carbonyl (C=O) groups is 1. The molecule has 2 N–H and O–H groups in total. The standard InChI is InChI=1S/C9H8BrNO5/c1-4-2-6(10)5(8(12)9(13)14)3-7(4)11(15)16/h2-3,8,12H,1H3,(H,13,14). The molecule has 0 amide bonds. The zero-order valence-electron chi connectivity index (χ0n) is 8.18. The predicted molar refractivity (Wildman–Crippen MR) is 58.1 cm³/mol. The molecule has 86 valence electrons. The van der Waals surface area contributed by atoms with E-state index in [1.807, 2.05) is 0 Å². The molecular weight excluding hydrogens is 282 g/mol. The van der Waals surface area contributed by atoms with Crippen LogP contribution in [0.5, 0.6) is 0 Å². The third kappa shape index (κ3) is 2.37. The van der Waals surface area contributed by atoms with Crippen LogP contribution in [-0.4, -0.2) is 21.1 Å². The average molecular weight is 290 g/mol. The summed E-state index contributed by atoms with van der Waals surface area (Å²) in [6.45, 7) is 1.53. The third-order valence-corrected chi connectivity index (χ3v) is 2.73. The SMILES string of the molecule is Cc1cc(Br)c(C(O)C(=O)O)cc1[N+](=O)[O-]. The molecule has 0 fully saturated rings. The van der Waals surface area contributed by atoms with Gasteiger partial charge in [-0.25, -0.2) is 4.79 Å². The van der Waals surface area contributed by atoms with Gasteiger partial charge in [-0.2, -0.15) is 0 Å². The molecule has 0 aliphatic heterocycles. The van der Waals surface area contributed by atoms with Crippen molar-refractivity contribution in [1.29, 1.82) is 0 Å². The summed E-state index contributed by atoms with van der Waals surface area (Å²) < 4.78 is 0.325. The molecule has 7 heteroatoms. The summed E-state index contributed by atoms with van der Waals surface area (Å²) >= 11 is 3.05. The molecule has 0 aliphatic rings. The molecule has 0 spiro atoms. The van der Waals surface area contributed by atoms with E-state index in [0.717, 1.165) is 6.07 Å². The van der Waals surface area contributed by atoms with E-state index in [1.165, 1.54) is 13.0 Å². The van der Waals surface area contributed by atoms with E-state index in [2.05, 4.69) is 15.9 Å². The van der Waals surface area contributed by atoms with Gasteiger partial charge in [-0.05, 0) is 13.0 Å². The highest BCUT2D eigenvalue weighted by Crippen LogP contribution is 2.30. The lowest BCUT2D eigenvalue weighted by molar-refractivity contribution is -0.385. The zero-order chi connectivity index (χ0) is 12.5. The normalized spacial score (nSPS) is 12.2. The fourth-order valence-corrected chi connectivity index (χ4v) is 1.89. The number of carboxylic acid groups (broad SMARTS) is 1. The molecular formula is C9H8BrNO5. The van der Waals surface area contributed by atoms with Crippen LogP contribution in [0.1, 0.15) is 17.2 Å². The van der Waals surface area contributed by atoms with Crippen LogP contribution < -0.4 is 0 Å². The predicted octanol–water partition coefficient (Wildman–Crippen LogP) is 1.78. The molecule has 0 aromatic heterocycles. The molecule has 0 saturated carbocycles. The molecule has 0 radical (unpaired) electrons. The Kier molecular flexibility index (Phi) is 3.61. The molecule has 1 aromatic rings. The Morgan fingerprint density at radius 1 is 1.56 bits per heavy atom. The van der Waals surface area contributed by atoms with Gasteiger partial charge < -0.3 is 10.2 Å². The molecule has 0 aliphatic carbocycles. The van der Waals surface area contributed by atoms with Crippen LogP contribution >= 0.6 is 15.9 Å². The van der Waals surface area contributed by atoms with E-state index in [-0.39, 0.29) is 11.3 Å². The van der Waals surface area contributed by atoms with Crippen LogP contribution in [0.2, 0.25) is 0 Å². The van der Waals surface area contributed by atoms with Crippen molar-refractivity contribution in [1.82, 2.24) is 0 Å². The number of halogens is 1. The van der Waals surface area contributed by atoms with E-state index in [4.69, 9.17) is 5.11 Å². The molecule has 0 heterocycles. The first-order valence-electron chi connectivity index (χ1n) is 4.20. The summed E-state index contributed by atoms with van der Waals surface area (Å²) in [5, 5.41) is 28.6. The van der Waals surface area contributed by atoms with Gasteiger partial charge in [0.2, 0.25) is 0 Å². The first-order valence-corrected chi connectivity index (χ1v) is 4.99. The summed E-state index contributed by atoms with van der Waals surface area (Å²) in [5.74, 6) is -1.46. The number of aliphatic hydroxyl groups excluding tert-OH is 1. The van der Waals surface area contributed by atoms with E-state index in [0.29, 0.717) is 10.0 Å². The zero-order valence-corrected chi connectivity index (χ0v) is 9.76. The van der Waals surface area contributed by atoms with E-state index in [9.17, 15) is 20.0 Å². The number of hydrogen-bond acceptors (Lipinski definition) is 4. The van der Waals surface area contributed by atoms with Crippen molar-refractivity contribution in [2.75, 3.05) is 0 Å². The molecule has 1 aromatic carbocycles. The summed E-state index contributed by atoms with van der Waals surface area (Å²) in [4.78, 5) is 20.6. The number of benzene rings is 1. The topological polar surface area (TPSA) is 101 Å². The van der Waals surface area contributed by atoms with Crippen molar-refractivity contribution in [2.24, 2.45) is 0 Å². The van der Waals surface area contributed by atoms with Crippen LogP contribution in [0.3, 0.4) is 0 Å². The van der Waals surface area contributed by atoms with Crippen molar-refractivity contribution in [3.63, 3.8) is 0 Å². The van der Waals surface area contributed by atoms with Gasteiger partial charge in [0, 0.05) is 21.7 Å². The fourth-order valence-electron chi connectivity index (χ4n) is 1.22. The number of nitro groups is 1. The van der Waals surface area contributed by atoms with Crippen molar-refractivity contribution in [3.8, 4) is 0 Å². The molecule has 0 saturated heterocycles. The number of carboxylic acids is 1. The van der Waals surface area contributed by atoms with Gasteiger partial charge in [-0.3, -0.25) is 10.1 Å². The average Bonchev–Trinajstić information content (AvgIpc) is 2.16. The Bertz CT molecular complexity index is 459. The van der Waals surface area contributed by atoms with Crippen LogP contribution in [0, 0.1) is 17.0 Å². The van der Waals surface area contributed by atoms with Gasteiger partial charge in [0.25, 0.3) is 5.69 Å². The molecule has 16 heavy (non-hydrogen) atoms. The van der Waals surface area contributed by atoms with Crippen LogP contribution in [0.25, 0.3) is 0 Å². The minimum absolute atomic E-state index is 0.0372. The second kappa shape index (κ2) is 4.58. The Morgan fingerprint density at radius 3 is 2.56 bits per heavy atom. The Hall–Kier alpha value is -1.47. The van der Waals surface area contributed by atoms with Crippen LogP contribution in [0.15, 0.2) is 16.6 Å². The molecule has 6 nitrogen and oxygen atoms in total. The van der Waals surface area contributed by atoms with Crippen LogP contribution in [0.4, 0.5) is 5.69 Å². The Labute approximate surface area is 98.8 Å². The van der Waals surface area contributed by atoms with Crippen molar-refractivity contribution in [2.45, 2.75) is 13.0 Å². The van der Waals surface area contributed by atoms with Crippen molar-refractivity contribution < 1.29 is 19.9 Å². The molecule has 1 atom stereocenters. The van der Waals surface area contributed by atoms with E-state index >= 15 is 0 Å². The summed E-state index contributed by atoms with van der Waals surface area (Å²) in [6.07, 6.45) is -1.78. The van der Waals surface area contributed by atoms with Gasteiger partial charge in [0.05, 0.1) is 4.92 Å². The monoisotopic (exact) mass is 289 g/mol. The lowest BCUT2D eigenvalue weighted by atomic mass is 10.1. The highest BCUT2D eigenvalue weighted by Gasteiger charge is 2.23. The second-order valence-electron chi connectivity index (χ2n) is 3.16. The molecule has 1 rings (SSSR count). The minimum atomic E-state index is -1.78. The number of nitro benzene ring substituents is 1. The first kappa shape index (κ1) is 12.6. The lowest BCUT2D eigenvalue weighted by Crippen LogP contribution is -2.11. The van der Waals surface area contributed by atoms with Gasteiger partial charge in [-0.1, -0.05) is 15.9 Å². The number of aliphatic carboxylic acids is 1. The lowest BCUT2D eigenvalue weighted by Gasteiger charge is -2.09. The van der Waals surface area contributed by atoms with Gasteiger partial charge >= 0.3 is 5.97 Å². The molecule has 1 unspecified atom stereocenters. The molecule has 0 bridgehead atoms. The summed E-state index contributed by atoms with van der Waals surface area (Å²) in [6, 6.07) is 2.46. The van der Waals surface area contributed by atoms with Gasteiger partial charge in [0.15, 0.2) is 6.10 Å².